The molecule has 0 radical (unpaired) electrons. The lowest BCUT2D eigenvalue weighted by Crippen LogP contribution is -2.44. The van der Waals surface area contributed by atoms with Gasteiger partial charge in [0.1, 0.15) is 0 Å². The first-order chi connectivity index (χ1) is 9.57. The monoisotopic (exact) mass is 302 g/mol. The summed E-state index contributed by atoms with van der Waals surface area (Å²) in [5.41, 5.74) is 0. The van der Waals surface area contributed by atoms with Gasteiger partial charge in [-0.1, -0.05) is 12.8 Å². The Labute approximate surface area is 125 Å². The van der Waals surface area contributed by atoms with E-state index in [1.807, 2.05) is 18.7 Å². The Morgan fingerprint density at radius 2 is 2.00 bits per heavy atom. The molecule has 2 atom stereocenters. The number of amides is 2. The third kappa shape index (κ3) is 5.23. The lowest BCUT2D eigenvalue weighted by atomic mass is 10.0. The second-order valence-electron chi connectivity index (χ2n) is 5.31. The number of carbonyl (C=O) groups excluding carboxylic acids is 1. The molecule has 1 saturated heterocycles. The van der Waals surface area contributed by atoms with Crippen molar-refractivity contribution in [2.75, 3.05) is 25.1 Å². The van der Waals surface area contributed by atoms with Gasteiger partial charge < -0.3 is 15.3 Å². The standard InChI is InChI=1S/C14H26N2O3S/c1-11-12(13(17)18)7-9-16(11)14(19)15-8-5-3-4-6-10-20-2/h11-12H,3-10H2,1-2H3,(H,15,19)(H,17,18). The summed E-state index contributed by atoms with van der Waals surface area (Å²) in [5.74, 6) is -0.0253. The van der Waals surface area contributed by atoms with Crippen LogP contribution < -0.4 is 5.32 Å². The fourth-order valence-corrected chi connectivity index (χ4v) is 3.07. The van der Waals surface area contributed by atoms with E-state index < -0.39 is 11.9 Å². The molecule has 20 heavy (non-hydrogen) atoms. The number of urea groups is 1. The minimum absolute atomic E-state index is 0.120. The van der Waals surface area contributed by atoms with Crippen LogP contribution in [0.1, 0.15) is 39.0 Å². The highest BCUT2D eigenvalue weighted by molar-refractivity contribution is 7.98. The van der Waals surface area contributed by atoms with Crippen LogP contribution in [0.3, 0.4) is 0 Å². The van der Waals surface area contributed by atoms with Crippen molar-refractivity contribution < 1.29 is 14.7 Å². The molecule has 2 unspecified atom stereocenters. The van der Waals surface area contributed by atoms with Crippen molar-refractivity contribution in [3.8, 4) is 0 Å². The third-order valence-corrected chi connectivity index (χ3v) is 4.58. The maximum absolute atomic E-state index is 12.0. The summed E-state index contributed by atoms with van der Waals surface area (Å²) >= 11 is 1.87. The predicted molar refractivity (Wildman–Crippen MR) is 82.2 cm³/mol. The predicted octanol–water partition coefficient (Wildman–Crippen LogP) is 2.41. The molecule has 0 saturated carbocycles. The second kappa shape index (κ2) is 9.10. The van der Waals surface area contributed by atoms with Gasteiger partial charge in [-0.3, -0.25) is 4.79 Å². The van der Waals surface area contributed by atoms with Crippen LogP contribution in [0.25, 0.3) is 0 Å². The fraction of sp³-hybridized carbons (Fsp3) is 0.857. The average Bonchev–Trinajstić information content (AvgIpc) is 2.79. The SMILES string of the molecule is CSCCCCCCNC(=O)N1CCC(C(=O)O)C1C. The van der Waals surface area contributed by atoms with E-state index in [1.54, 1.807) is 4.90 Å². The smallest absolute Gasteiger partial charge is 0.317 e. The van der Waals surface area contributed by atoms with Crippen LogP contribution >= 0.6 is 11.8 Å². The number of hydrogen-bond donors (Lipinski definition) is 2. The molecule has 0 bridgehead atoms. The number of aliphatic carboxylic acids is 1. The second-order valence-corrected chi connectivity index (χ2v) is 6.29. The highest BCUT2D eigenvalue weighted by atomic mass is 32.2. The van der Waals surface area contributed by atoms with Gasteiger partial charge in [-0.25, -0.2) is 4.79 Å². The summed E-state index contributed by atoms with van der Waals surface area (Å²) in [6.07, 6.45) is 7.23. The Morgan fingerprint density at radius 3 is 2.60 bits per heavy atom. The Hall–Kier alpha value is -0.910. The van der Waals surface area contributed by atoms with E-state index in [-0.39, 0.29) is 12.1 Å². The number of rotatable bonds is 8. The minimum atomic E-state index is -0.804. The summed E-state index contributed by atoms with van der Waals surface area (Å²) in [5, 5.41) is 11.9. The molecule has 1 fully saturated rings. The fourth-order valence-electron chi connectivity index (χ4n) is 2.58. The molecule has 0 aromatic heterocycles. The van der Waals surface area contributed by atoms with Crippen LogP contribution in [0.5, 0.6) is 0 Å². The number of carbonyl (C=O) groups is 2. The van der Waals surface area contributed by atoms with Crippen molar-refractivity contribution in [1.82, 2.24) is 10.2 Å². The average molecular weight is 302 g/mol. The van der Waals surface area contributed by atoms with Crippen molar-refractivity contribution in [2.24, 2.45) is 5.92 Å². The van der Waals surface area contributed by atoms with E-state index in [1.165, 1.54) is 18.6 Å². The molecular weight excluding hydrogens is 276 g/mol. The lowest BCUT2D eigenvalue weighted by molar-refractivity contribution is -0.142. The quantitative estimate of drug-likeness (QED) is 0.676. The summed E-state index contributed by atoms with van der Waals surface area (Å²) in [4.78, 5) is 24.6. The molecule has 0 aromatic carbocycles. The Bertz CT molecular complexity index is 326. The number of unbranched alkanes of at least 4 members (excludes halogenated alkanes) is 3. The van der Waals surface area contributed by atoms with Crippen LogP contribution in [-0.2, 0) is 4.79 Å². The van der Waals surface area contributed by atoms with Crippen molar-refractivity contribution >= 4 is 23.8 Å². The van der Waals surface area contributed by atoms with E-state index in [4.69, 9.17) is 5.11 Å². The number of hydrogen-bond acceptors (Lipinski definition) is 3. The minimum Gasteiger partial charge on any atom is -0.481 e. The zero-order chi connectivity index (χ0) is 15.0. The summed E-state index contributed by atoms with van der Waals surface area (Å²) in [7, 11) is 0. The molecule has 1 heterocycles. The summed E-state index contributed by atoms with van der Waals surface area (Å²) in [6, 6.07) is -0.334. The Morgan fingerprint density at radius 1 is 1.30 bits per heavy atom. The Kier molecular flexibility index (Phi) is 7.80. The van der Waals surface area contributed by atoms with Crippen LogP contribution in [-0.4, -0.2) is 53.1 Å². The molecule has 2 N–H and O–H groups in total. The molecule has 2 amide bonds. The zero-order valence-corrected chi connectivity index (χ0v) is 13.2. The molecule has 1 aliphatic heterocycles. The van der Waals surface area contributed by atoms with Gasteiger partial charge in [-0.05, 0) is 38.2 Å². The summed E-state index contributed by atoms with van der Waals surface area (Å²) < 4.78 is 0. The van der Waals surface area contributed by atoms with E-state index in [9.17, 15) is 9.59 Å². The van der Waals surface area contributed by atoms with Crippen molar-refractivity contribution in [1.29, 1.82) is 0 Å². The zero-order valence-electron chi connectivity index (χ0n) is 12.4. The number of nitrogens with one attached hydrogen (secondary N) is 1. The van der Waals surface area contributed by atoms with Crippen molar-refractivity contribution in [3.63, 3.8) is 0 Å². The van der Waals surface area contributed by atoms with Gasteiger partial charge in [0.25, 0.3) is 0 Å². The molecule has 116 valence electrons. The van der Waals surface area contributed by atoms with Gasteiger partial charge in [-0.15, -0.1) is 0 Å². The first-order valence-electron chi connectivity index (χ1n) is 7.34. The number of likely N-dealkylation sites (tertiary alicyclic amines) is 1. The molecule has 0 aliphatic carbocycles. The molecule has 5 nitrogen and oxygen atoms in total. The van der Waals surface area contributed by atoms with Gasteiger partial charge in [0.05, 0.1) is 5.92 Å². The highest BCUT2D eigenvalue weighted by Gasteiger charge is 2.37. The molecule has 1 rings (SSSR count). The van der Waals surface area contributed by atoms with E-state index in [0.29, 0.717) is 19.5 Å². The molecule has 6 heteroatoms. The van der Waals surface area contributed by atoms with E-state index in [2.05, 4.69) is 11.6 Å². The van der Waals surface area contributed by atoms with E-state index in [0.717, 1.165) is 12.8 Å². The number of carboxylic acid groups (broad SMARTS) is 1. The van der Waals surface area contributed by atoms with Crippen molar-refractivity contribution in [3.05, 3.63) is 0 Å². The van der Waals surface area contributed by atoms with Gasteiger partial charge in [0, 0.05) is 19.1 Å². The van der Waals surface area contributed by atoms with Gasteiger partial charge in [-0.2, -0.15) is 11.8 Å². The van der Waals surface area contributed by atoms with Gasteiger partial charge in [0.15, 0.2) is 0 Å². The number of nitrogens with zero attached hydrogens (tertiary/aromatic N) is 1. The highest BCUT2D eigenvalue weighted by Crippen LogP contribution is 2.24. The number of carboxylic acids is 1. The molecule has 0 aromatic rings. The van der Waals surface area contributed by atoms with E-state index >= 15 is 0 Å². The maximum atomic E-state index is 12.0. The first kappa shape index (κ1) is 17.1. The van der Waals surface area contributed by atoms with Crippen LogP contribution in [0.4, 0.5) is 4.79 Å². The van der Waals surface area contributed by atoms with Crippen LogP contribution in [0.2, 0.25) is 0 Å². The first-order valence-corrected chi connectivity index (χ1v) is 8.73. The lowest BCUT2D eigenvalue weighted by Gasteiger charge is -2.23. The maximum Gasteiger partial charge on any atom is 0.317 e. The van der Waals surface area contributed by atoms with Crippen LogP contribution in [0.15, 0.2) is 0 Å². The number of thioether (sulfide) groups is 1. The summed E-state index contributed by atoms with van der Waals surface area (Å²) in [6.45, 7) is 3.03. The van der Waals surface area contributed by atoms with Crippen LogP contribution in [0, 0.1) is 5.92 Å². The van der Waals surface area contributed by atoms with Gasteiger partial charge in [0.2, 0.25) is 0 Å². The Balaban J connectivity index is 2.16. The molecular formula is C14H26N2O3S. The normalized spacial score (nSPS) is 22.0. The molecule has 1 aliphatic rings. The van der Waals surface area contributed by atoms with Gasteiger partial charge >= 0.3 is 12.0 Å². The van der Waals surface area contributed by atoms with Crippen molar-refractivity contribution in [2.45, 2.75) is 45.1 Å². The molecule has 0 spiro atoms. The third-order valence-electron chi connectivity index (χ3n) is 3.88. The topological polar surface area (TPSA) is 69.6 Å². The largest absolute Gasteiger partial charge is 0.481 e.